The Labute approximate surface area is 160 Å². The van der Waals surface area contributed by atoms with Crippen molar-refractivity contribution in [1.29, 1.82) is 0 Å². The predicted octanol–water partition coefficient (Wildman–Crippen LogP) is 3.14. The fraction of sp³-hybridized carbons (Fsp3) is 0.550. The van der Waals surface area contributed by atoms with Gasteiger partial charge in [0.1, 0.15) is 0 Å². The summed E-state index contributed by atoms with van der Waals surface area (Å²) < 4.78 is 0. The van der Waals surface area contributed by atoms with Gasteiger partial charge in [0.2, 0.25) is 0 Å². The molecule has 3 rings (SSSR count). The van der Waals surface area contributed by atoms with Crippen LogP contribution < -0.4 is 5.32 Å². The number of non-ortho nitro benzene ring substituents is 1. The maximum absolute atomic E-state index is 11.4. The van der Waals surface area contributed by atoms with Gasteiger partial charge in [-0.1, -0.05) is 26.0 Å². The molecule has 0 spiro atoms. The number of anilines is 1. The third-order valence-corrected chi connectivity index (χ3v) is 5.42. The monoisotopic (exact) mass is 371 g/mol. The minimum Gasteiger partial charge on any atom is -0.383 e. The summed E-state index contributed by atoms with van der Waals surface area (Å²) >= 11 is 0. The second-order valence-corrected chi connectivity index (χ2v) is 7.77. The maximum Gasteiger partial charge on any atom is 0.295 e. The summed E-state index contributed by atoms with van der Waals surface area (Å²) in [5.74, 6) is 0.518. The predicted molar refractivity (Wildman–Crippen MR) is 109 cm³/mol. The molecule has 0 aliphatic carbocycles. The summed E-state index contributed by atoms with van der Waals surface area (Å²) in [5.41, 5.74) is 2.20. The molecular weight excluding hydrogens is 342 g/mol. The quantitative estimate of drug-likeness (QED) is 0.621. The number of fused-ring (bicyclic) bond motifs is 1. The van der Waals surface area contributed by atoms with E-state index in [2.05, 4.69) is 41.0 Å². The highest BCUT2D eigenvalue weighted by Gasteiger charge is 2.25. The minimum absolute atomic E-state index is 0.0544. The van der Waals surface area contributed by atoms with E-state index in [0.717, 1.165) is 49.5 Å². The first-order valence-electron chi connectivity index (χ1n) is 9.58. The molecule has 7 heteroatoms. The van der Waals surface area contributed by atoms with Crippen LogP contribution in [0.25, 0.3) is 10.9 Å². The Balaban J connectivity index is 1.85. The van der Waals surface area contributed by atoms with Gasteiger partial charge >= 0.3 is 0 Å². The van der Waals surface area contributed by atoms with Crippen molar-refractivity contribution in [2.45, 2.75) is 26.8 Å². The average molecular weight is 371 g/mol. The van der Waals surface area contributed by atoms with Crippen LogP contribution in [0, 0.1) is 23.0 Å². The van der Waals surface area contributed by atoms with Gasteiger partial charge in [0.05, 0.1) is 4.92 Å². The van der Waals surface area contributed by atoms with Crippen molar-refractivity contribution >= 4 is 22.3 Å². The smallest absolute Gasteiger partial charge is 0.295 e. The highest BCUT2D eigenvalue weighted by atomic mass is 16.6. The summed E-state index contributed by atoms with van der Waals surface area (Å²) in [4.78, 5) is 20.3. The summed E-state index contributed by atoms with van der Waals surface area (Å²) in [6.45, 7) is 11.5. The number of benzene rings is 1. The molecule has 1 aliphatic rings. The van der Waals surface area contributed by atoms with Crippen LogP contribution in [-0.2, 0) is 0 Å². The number of rotatable bonds is 6. The topological polar surface area (TPSA) is 74.5 Å². The lowest BCUT2D eigenvalue weighted by molar-refractivity contribution is -0.383. The van der Waals surface area contributed by atoms with E-state index in [1.54, 1.807) is 6.07 Å². The highest BCUT2D eigenvalue weighted by Crippen LogP contribution is 2.30. The summed E-state index contributed by atoms with van der Waals surface area (Å²) in [6, 6.07) is 7.54. The Morgan fingerprint density at radius 3 is 2.59 bits per heavy atom. The SMILES string of the molecule is Cc1cc(NCC(C(C)C)N2CCN(C)CC2)c2cccc([N+](=O)[O-])c2n1. The highest BCUT2D eigenvalue weighted by molar-refractivity contribution is 5.96. The fourth-order valence-electron chi connectivity index (χ4n) is 3.81. The third kappa shape index (κ3) is 4.36. The number of para-hydroxylation sites is 1. The zero-order valence-electron chi connectivity index (χ0n) is 16.6. The lowest BCUT2D eigenvalue weighted by Gasteiger charge is -2.40. The number of hydrogen-bond donors (Lipinski definition) is 1. The van der Waals surface area contributed by atoms with Crippen molar-refractivity contribution in [2.24, 2.45) is 5.92 Å². The second kappa shape index (κ2) is 8.19. The number of aryl methyl sites for hydroxylation is 1. The van der Waals surface area contributed by atoms with Crippen molar-refractivity contribution in [3.8, 4) is 0 Å². The summed E-state index contributed by atoms with van der Waals surface area (Å²) in [5, 5.41) is 15.7. The van der Waals surface area contributed by atoms with Crippen molar-refractivity contribution in [3.63, 3.8) is 0 Å². The maximum atomic E-state index is 11.4. The van der Waals surface area contributed by atoms with Gasteiger partial charge in [-0.05, 0) is 26.0 Å². The fourth-order valence-corrected chi connectivity index (χ4v) is 3.81. The van der Waals surface area contributed by atoms with E-state index in [0.29, 0.717) is 17.5 Å². The van der Waals surface area contributed by atoms with E-state index in [4.69, 9.17) is 0 Å². The van der Waals surface area contributed by atoms with Gasteiger partial charge in [-0.25, -0.2) is 4.98 Å². The lowest BCUT2D eigenvalue weighted by atomic mass is 10.0. The van der Waals surface area contributed by atoms with Crippen LogP contribution in [0.2, 0.25) is 0 Å². The van der Waals surface area contributed by atoms with Crippen LogP contribution in [0.3, 0.4) is 0 Å². The Morgan fingerprint density at radius 2 is 1.96 bits per heavy atom. The summed E-state index contributed by atoms with van der Waals surface area (Å²) in [7, 11) is 2.17. The molecule has 1 aliphatic heterocycles. The zero-order chi connectivity index (χ0) is 19.6. The van der Waals surface area contributed by atoms with Crippen LogP contribution in [0.1, 0.15) is 19.5 Å². The Hall–Kier alpha value is -2.25. The van der Waals surface area contributed by atoms with Crippen LogP contribution in [0.15, 0.2) is 24.3 Å². The molecule has 1 aromatic carbocycles. The van der Waals surface area contributed by atoms with Gasteiger partial charge in [-0.3, -0.25) is 15.0 Å². The van der Waals surface area contributed by atoms with E-state index >= 15 is 0 Å². The number of hydrogen-bond acceptors (Lipinski definition) is 6. The zero-order valence-corrected chi connectivity index (χ0v) is 16.6. The Morgan fingerprint density at radius 1 is 1.26 bits per heavy atom. The molecule has 1 saturated heterocycles. The molecule has 1 unspecified atom stereocenters. The number of pyridine rings is 1. The number of nitro benzene ring substituents is 1. The van der Waals surface area contributed by atoms with Crippen LogP contribution in [0.5, 0.6) is 0 Å². The molecule has 1 atom stereocenters. The number of aromatic nitrogens is 1. The number of nitro groups is 1. The minimum atomic E-state index is -0.361. The average Bonchev–Trinajstić information content (AvgIpc) is 2.62. The number of likely N-dealkylation sites (N-methyl/N-ethyl adjacent to an activating group) is 1. The van der Waals surface area contributed by atoms with Gasteiger partial charge in [-0.15, -0.1) is 0 Å². The van der Waals surface area contributed by atoms with E-state index in [9.17, 15) is 10.1 Å². The number of nitrogens with zero attached hydrogens (tertiary/aromatic N) is 4. The molecule has 7 nitrogen and oxygen atoms in total. The lowest BCUT2D eigenvalue weighted by Crippen LogP contribution is -2.52. The normalized spacial score (nSPS) is 17.4. The first-order chi connectivity index (χ1) is 12.9. The van der Waals surface area contributed by atoms with Gasteiger partial charge in [0.15, 0.2) is 5.52 Å². The molecular formula is C20H29N5O2. The first kappa shape index (κ1) is 19.5. The molecule has 0 saturated carbocycles. The van der Waals surface area contributed by atoms with Gasteiger partial charge in [-0.2, -0.15) is 0 Å². The van der Waals surface area contributed by atoms with Crippen molar-refractivity contribution in [1.82, 2.24) is 14.8 Å². The molecule has 146 valence electrons. The van der Waals surface area contributed by atoms with Gasteiger partial charge < -0.3 is 10.2 Å². The van der Waals surface area contributed by atoms with Crippen LogP contribution in [-0.4, -0.2) is 65.5 Å². The molecule has 2 aromatic rings. The molecule has 2 heterocycles. The van der Waals surface area contributed by atoms with Gasteiger partial charge in [0, 0.05) is 61.6 Å². The molecule has 1 aromatic heterocycles. The third-order valence-electron chi connectivity index (χ3n) is 5.42. The first-order valence-corrected chi connectivity index (χ1v) is 9.58. The van der Waals surface area contributed by atoms with E-state index in [-0.39, 0.29) is 10.6 Å². The van der Waals surface area contributed by atoms with Crippen LogP contribution >= 0.6 is 0 Å². The second-order valence-electron chi connectivity index (χ2n) is 7.77. The largest absolute Gasteiger partial charge is 0.383 e. The van der Waals surface area contributed by atoms with E-state index < -0.39 is 0 Å². The van der Waals surface area contributed by atoms with Crippen molar-refractivity contribution < 1.29 is 4.92 Å². The standard InChI is InChI=1S/C20H29N5O2/c1-14(2)19(24-10-8-23(4)9-11-24)13-21-17-12-15(3)22-20-16(17)6-5-7-18(20)25(26)27/h5-7,12,14,19H,8-11,13H2,1-4H3,(H,21,22). The van der Waals surface area contributed by atoms with E-state index in [1.165, 1.54) is 6.07 Å². The molecule has 0 amide bonds. The molecule has 1 N–H and O–H groups in total. The number of piperazine rings is 1. The Kier molecular flexibility index (Phi) is 5.92. The van der Waals surface area contributed by atoms with Gasteiger partial charge in [0.25, 0.3) is 5.69 Å². The molecule has 27 heavy (non-hydrogen) atoms. The van der Waals surface area contributed by atoms with E-state index in [1.807, 2.05) is 19.1 Å². The summed E-state index contributed by atoms with van der Waals surface area (Å²) in [6.07, 6.45) is 0. The number of nitrogens with one attached hydrogen (secondary N) is 1. The molecule has 0 radical (unpaired) electrons. The van der Waals surface area contributed by atoms with Crippen LogP contribution in [0.4, 0.5) is 11.4 Å². The van der Waals surface area contributed by atoms with Crippen molar-refractivity contribution in [2.75, 3.05) is 45.1 Å². The molecule has 0 bridgehead atoms. The van der Waals surface area contributed by atoms with Crippen molar-refractivity contribution in [3.05, 3.63) is 40.1 Å². The Bertz CT molecular complexity index is 815. The molecule has 1 fully saturated rings.